The molecule has 0 N–H and O–H groups in total. The Hall–Kier alpha value is -5.29. The minimum absolute atomic E-state index is 0.190. The predicted octanol–water partition coefficient (Wildman–Crippen LogP) is 9.61. The first kappa shape index (κ1) is 32.9. The fourth-order valence-electron chi connectivity index (χ4n) is 9.29. The second-order valence-corrected chi connectivity index (χ2v) is 15.6. The van der Waals surface area contributed by atoms with Crippen LogP contribution in [0.25, 0.3) is 21.5 Å². The number of carbonyl (C=O) groups is 3. The number of benzene rings is 4. The van der Waals surface area contributed by atoms with Crippen molar-refractivity contribution in [3.63, 3.8) is 0 Å². The molecule has 0 amide bonds. The summed E-state index contributed by atoms with van der Waals surface area (Å²) in [6.07, 6.45) is 9.75. The Morgan fingerprint density at radius 2 is 1.06 bits per heavy atom. The number of hydrogen-bond donors (Lipinski definition) is 0. The highest BCUT2D eigenvalue weighted by molar-refractivity contribution is 6.34. The van der Waals surface area contributed by atoms with E-state index in [9.17, 15) is 14.4 Å². The number of rotatable bonds is 2. The molecule has 2 heterocycles. The quantitative estimate of drug-likeness (QED) is 0.121. The van der Waals surface area contributed by atoms with E-state index in [0.29, 0.717) is 18.4 Å². The lowest BCUT2D eigenvalue weighted by molar-refractivity contribution is -0.136. The van der Waals surface area contributed by atoms with Gasteiger partial charge in [-0.1, -0.05) is 101 Å². The molecule has 0 saturated heterocycles. The molecule has 256 valence electrons. The summed E-state index contributed by atoms with van der Waals surface area (Å²) in [6.45, 7) is 10.7. The van der Waals surface area contributed by atoms with E-state index in [2.05, 4.69) is 149 Å². The molecule has 4 aromatic carbocycles. The van der Waals surface area contributed by atoms with Gasteiger partial charge in [-0.2, -0.15) is 0 Å². The highest BCUT2D eigenvalue weighted by atomic mass is 16.2. The number of likely N-dealkylation sites (N-methyl/N-ethyl adjacent to an activating group) is 2. The van der Waals surface area contributed by atoms with Gasteiger partial charge in [-0.15, -0.1) is 0 Å². The van der Waals surface area contributed by atoms with Crippen molar-refractivity contribution in [1.82, 2.24) is 0 Å². The van der Waals surface area contributed by atoms with Crippen molar-refractivity contribution < 1.29 is 14.4 Å². The molecule has 0 bridgehead atoms. The molecule has 1 unspecified atom stereocenters. The zero-order valence-electron chi connectivity index (χ0n) is 30.6. The number of ketones is 3. The summed E-state index contributed by atoms with van der Waals surface area (Å²) in [6, 6.07) is 25.8. The molecule has 4 aliphatic rings. The van der Waals surface area contributed by atoms with Gasteiger partial charge in [-0.05, 0) is 93.4 Å². The van der Waals surface area contributed by atoms with Crippen LogP contribution in [0.15, 0.2) is 131 Å². The topological polar surface area (TPSA) is 57.7 Å². The number of anilines is 2. The van der Waals surface area contributed by atoms with Gasteiger partial charge in [0.05, 0.1) is 17.9 Å². The Morgan fingerprint density at radius 3 is 1.53 bits per heavy atom. The van der Waals surface area contributed by atoms with Crippen LogP contribution in [0.3, 0.4) is 0 Å². The van der Waals surface area contributed by atoms with Crippen LogP contribution in [0.1, 0.15) is 65.0 Å². The van der Waals surface area contributed by atoms with Gasteiger partial charge in [0.15, 0.2) is 17.3 Å². The Bertz CT molecular complexity index is 2260. The van der Waals surface area contributed by atoms with Gasteiger partial charge in [0.25, 0.3) is 0 Å². The zero-order valence-corrected chi connectivity index (χ0v) is 30.6. The van der Waals surface area contributed by atoms with Crippen LogP contribution in [0, 0.1) is 5.92 Å². The first-order chi connectivity index (χ1) is 24.3. The van der Waals surface area contributed by atoms with Crippen molar-refractivity contribution in [2.75, 3.05) is 23.9 Å². The van der Waals surface area contributed by atoms with Gasteiger partial charge in [-0.3, -0.25) is 14.4 Å². The summed E-state index contributed by atoms with van der Waals surface area (Å²) in [5, 5.41) is 4.93. The van der Waals surface area contributed by atoms with Crippen molar-refractivity contribution in [2.45, 2.75) is 64.7 Å². The number of carbonyl (C=O) groups excluding carboxylic acids is 3. The number of nitrogens with zero attached hydrogens (tertiary/aromatic N) is 2. The van der Waals surface area contributed by atoms with Crippen LogP contribution in [0.4, 0.5) is 11.4 Å². The van der Waals surface area contributed by atoms with E-state index in [1.165, 1.54) is 44.0 Å². The van der Waals surface area contributed by atoms with E-state index in [0.717, 1.165) is 22.5 Å². The van der Waals surface area contributed by atoms with Gasteiger partial charge >= 0.3 is 0 Å². The first-order valence-electron chi connectivity index (χ1n) is 18.0. The number of hydrogen-bond acceptors (Lipinski definition) is 5. The molecule has 2 aliphatic heterocycles. The maximum atomic E-state index is 13.8. The molecule has 5 heteroatoms. The number of Topliss-reactive ketones (excluding diaryl/α,β-unsaturated/α-hetero) is 3. The minimum atomic E-state index is -0.824. The summed E-state index contributed by atoms with van der Waals surface area (Å²) in [5.74, 6) is -1.85. The van der Waals surface area contributed by atoms with Crippen molar-refractivity contribution >= 4 is 50.3 Å². The lowest BCUT2D eigenvalue weighted by atomic mass is 9.79. The molecule has 0 spiro atoms. The maximum Gasteiger partial charge on any atom is 0.177 e. The second kappa shape index (κ2) is 11.6. The smallest absolute Gasteiger partial charge is 0.177 e. The summed E-state index contributed by atoms with van der Waals surface area (Å²) in [4.78, 5) is 44.6. The van der Waals surface area contributed by atoms with Crippen LogP contribution >= 0.6 is 0 Å². The third kappa shape index (κ3) is 4.85. The van der Waals surface area contributed by atoms with Crippen LogP contribution in [0.2, 0.25) is 0 Å². The Balaban J connectivity index is 1.25. The third-order valence-electron chi connectivity index (χ3n) is 12.0. The molecular formula is C46H44N2O3. The van der Waals surface area contributed by atoms with Gasteiger partial charge < -0.3 is 9.80 Å². The molecule has 0 aromatic heterocycles. The zero-order chi connectivity index (χ0) is 36.0. The fourth-order valence-corrected chi connectivity index (χ4v) is 9.29. The summed E-state index contributed by atoms with van der Waals surface area (Å²) >= 11 is 0. The molecule has 2 aliphatic carbocycles. The molecule has 8 rings (SSSR count). The van der Waals surface area contributed by atoms with E-state index in [1.807, 2.05) is 0 Å². The van der Waals surface area contributed by atoms with E-state index in [4.69, 9.17) is 0 Å². The summed E-state index contributed by atoms with van der Waals surface area (Å²) in [7, 11) is 4.22. The molecular weight excluding hydrogens is 629 g/mol. The standard InChI is InChI=1S/C46H44N2O3/c1-27-36(49)26-37(50)41(44(27)51)40-30(20-24-38-45(2,3)42-32-14-10-8-12-28(32)18-22-34(42)47(38)6)16-17-31(40)21-25-39-46(4,5)43-33-15-11-9-13-29(33)19-23-35(43)48(39)7/h8-15,18-25,27H,16-17,26H2,1-7H3/b30-20+,31-21+,38-24+,39-25+. The molecule has 0 radical (unpaired) electrons. The first-order valence-corrected chi connectivity index (χ1v) is 18.0. The third-order valence-corrected chi connectivity index (χ3v) is 12.0. The van der Waals surface area contributed by atoms with E-state index >= 15 is 0 Å². The van der Waals surface area contributed by atoms with E-state index in [1.54, 1.807) is 6.92 Å². The van der Waals surface area contributed by atoms with Gasteiger partial charge in [0.1, 0.15) is 0 Å². The van der Waals surface area contributed by atoms with Crippen molar-refractivity contribution in [3.8, 4) is 0 Å². The lowest BCUT2D eigenvalue weighted by Gasteiger charge is -2.25. The van der Waals surface area contributed by atoms with Crippen LogP contribution in [-0.4, -0.2) is 31.4 Å². The van der Waals surface area contributed by atoms with Gasteiger partial charge in [0, 0.05) is 47.7 Å². The highest BCUT2D eigenvalue weighted by Crippen LogP contribution is 2.52. The Morgan fingerprint density at radius 1 is 0.608 bits per heavy atom. The molecule has 4 aromatic rings. The summed E-state index contributed by atoms with van der Waals surface area (Å²) < 4.78 is 0. The molecule has 2 fully saturated rings. The average Bonchev–Trinajstić information content (AvgIpc) is 3.66. The lowest BCUT2D eigenvalue weighted by Crippen LogP contribution is -2.35. The predicted molar refractivity (Wildman–Crippen MR) is 208 cm³/mol. The average molecular weight is 673 g/mol. The Kier molecular flexibility index (Phi) is 7.50. The Labute approximate surface area is 300 Å². The van der Waals surface area contributed by atoms with Crippen LogP contribution < -0.4 is 9.80 Å². The molecule has 5 nitrogen and oxygen atoms in total. The minimum Gasteiger partial charge on any atom is -0.347 e. The van der Waals surface area contributed by atoms with E-state index in [-0.39, 0.29) is 40.2 Å². The van der Waals surface area contributed by atoms with Gasteiger partial charge in [0.2, 0.25) is 0 Å². The second-order valence-electron chi connectivity index (χ2n) is 15.6. The van der Waals surface area contributed by atoms with Crippen molar-refractivity contribution in [1.29, 1.82) is 0 Å². The molecule has 1 atom stereocenters. The normalized spacial score (nSPS) is 24.4. The van der Waals surface area contributed by atoms with Crippen molar-refractivity contribution in [3.05, 3.63) is 142 Å². The number of allylic oxidation sites excluding steroid dienone is 10. The SMILES string of the molecule is CC1C(=O)CC(=O)C(=C2/C(=C/C=C3/N(C)c4ccc5ccccc5c4C3(C)C)CC/C2=C\C=C2\N(C)c3ccc4ccccc4c3C2(C)C)C1=O. The number of fused-ring (bicyclic) bond motifs is 6. The largest absolute Gasteiger partial charge is 0.347 e. The van der Waals surface area contributed by atoms with Crippen LogP contribution in [-0.2, 0) is 25.2 Å². The summed E-state index contributed by atoms with van der Waals surface area (Å²) in [5.41, 5.74) is 9.54. The monoisotopic (exact) mass is 672 g/mol. The maximum absolute atomic E-state index is 13.8. The van der Waals surface area contributed by atoms with Gasteiger partial charge in [-0.25, -0.2) is 0 Å². The fraction of sp³-hybridized carbons (Fsp3) is 0.283. The highest BCUT2D eigenvalue weighted by Gasteiger charge is 2.42. The molecule has 51 heavy (non-hydrogen) atoms. The van der Waals surface area contributed by atoms with Crippen molar-refractivity contribution in [2.24, 2.45) is 5.92 Å². The molecule has 2 saturated carbocycles. The van der Waals surface area contributed by atoms with Crippen LogP contribution in [0.5, 0.6) is 0 Å². The van der Waals surface area contributed by atoms with E-state index < -0.39 is 5.92 Å².